The summed E-state index contributed by atoms with van der Waals surface area (Å²) in [6.07, 6.45) is 0. The van der Waals surface area contributed by atoms with E-state index in [0.717, 1.165) is 35.5 Å². The highest BCUT2D eigenvalue weighted by Gasteiger charge is 2.23. The molecule has 39 heavy (non-hydrogen) atoms. The van der Waals surface area contributed by atoms with Gasteiger partial charge in [0.05, 0.1) is 12.9 Å². The zero-order valence-corrected chi connectivity index (χ0v) is 22.6. The average molecular weight is 544 g/mol. The molecule has 3 aromatic carbocycles. The van der Waals surface area contributed by atoms with Crippen molar-refractivity contribution in [3.05, 3.63) is 83.9 Å². The van der Waals surface area contributed by atoms with Gasteiger partial charge in [-0.15, -0.1) is 10.2 Å². The van der Waals surface area contributed by atoms with Crippen LogP contribution in [0, 0.1) is 6.92 Å². The number of methoxy groups -OCH3 is 1. The van der Waals surface area contributed by atoms with Gasteiger partial charge in [0, 0.05) is 48.7 Å². The van der Waals surface area contributed by atoms with Gasteiger partial charge in [0.1, 0.15) is 5.75 Å². The molecule has 0 radical (unpaired) electrons. The van der Waals surface area contributed by atoms with Crippen LogP contribution >= 0.6 is 11.8 Å². The molecule has 1 aliphatic rings. The highest BCUT2D eigenvalue weighted by Crippen LogP contribution is 2.26. The predicted octanol–water partition coefficient (Wildman–Crippen LogP) is 4.75. The van der Waals surface area contributed by atoms with E-state index in [0.29, 0.717) is 35.6 Å². The Bertz CT molecular complexity index is 1450. The van der Waals surface area contributed by atoms with Gasteiger partial charge in [0.15, 0.2) is 0 Å². The number of hydrogen-bond donors (Lipinski definition) is 1. The van der Waals surface area contributed by atoms with Crippen LogP contribution in [-0.2, 0) is 4.79 Å². The Morgan fingerprint density at radius 2 is 1.74 bits per heavy atom. The van der Waals surface area contributed by atoms with Crippen LogP contribution in [0.3, 0.4) is 0 Å². The van der Waals surface area contributed by atoms with Crippen LogP contribution in [0.1, 0.15) is 15.9 Å². The highest BCUT2D eigenvalue weighted by atomic mass is 32.2. The molecule has 2 amide bonds. The lowest BCUT2D eigenvalue weighted by Crippen LogP contribution is -2.48. The molecule has 0 atom stereocenters. The maximum atomic E-state index is 12.9. The minimum Gasteiger partial charge on any atom is -0.497 e. The lowest BCUT2D eigenvalue weighted by Gasteiger charge is -2.36. The molecule has 5 rings (SSSR count). The molecule has 0 bridgehead atoms. The monoisotopic (exact) mass is 543 g/mol. The summed E-state index contributed by atoms with van der Waals surface area (Å²) in [5.41, 5.74) is 4.27. The van der Waals surface area contributed by atoms with Gasteiger partial charge in [-0.25, -0.2) is 0 Å². The van der Waals surface area contributed by atoms with Gasteiger partial charge < -0.3 is 24.3 Å². The smallest absolute Gasteiger partial charge is 0.277 e. The first-order valence-electron chi connectivity index (χ1n) is 12.6. The Kier molecular flexibility index (Phi) is 8.12. The average Bonchev–Trinajstić information content (AvgIpc) is 3.46. The number of carbonyl (C=O) groups is 2. The maximum Gasteiger partial charge on any atom is 0.277 e. The second kappa shape index (κ2) is 12.0. The number of hydrogen-bond acceptors (Lipinski definition) is 8. The molecular weight excluding hydrogens is 514 g/mol. The number of anilines is 2. The SMILES string of the molecule is COc1cccc(-c2nnc(SCC(=O)Nc3ccc(N4CCN(C(=O)c5ccccc5C)CC4)cc3)o2)c1. The van der Waals surface area contributed by atoms with E-state index in [4.69, 9.17) is 9.15 Å². The van der Waals surface area contributed by atoms with Gasteiger partial charge in [-0.2, -0.15) is 0 Å². The molecule has 9 nitrogen and oxygen atoms in total. The number of thioether (sulfide) groups is 1. The lowest BCUT2D eigenvalue weighted by atomic mass is 10.1. The van der Waals surface area contributed by atoms with Crippen LogP contribution in [0.25, 0.3) is 11.5 Å². The first-order chi connectivity index (χ1) is 19.0. The van der Waals surface area contributed by atoms with Crippen molar-refractivity contribution < 1.29 is 18.7 Å². The van der Waals surface area contributed by atoms with Crippen molar-refractivity contribution in [2.75, 3.05) is 49.3 Å². The molecule has 1 saturated heterocycles. The molecule has 2 heterocycles. The Balaban J connectivity index is 1.09. The largest absolute Gasteiger partial charge is 0.497 e. The third-order valence-corrected chi connectivity index (χ3v) is 7.33. The third kappa shape index (κ3) is 6.40. The van der Waals surface area contributed by atoms with Crippen LogP contribution in [0.4, 0.5) is 11.4 Å². The van der Waals surface area contributed by atoms with Gasteiger partial charge >= 0.3 is 0 Å². The number of aryl methyl sites for hydroxylation is 1. The molecule has 0 spiro atoms. The number of nitrogens with one attached hydrogen (secondary N) is 1. The molecule has 1 aromatic heterocycles. The highest BCUT2D eigenvalue weighted by molar-refractivity contribution is 7.99. The van der Waals surface area contributed by atoms with Gasteiger partial charge in [0.25, 0.3) is 11.1 Å². The first kappa shape index (κ1) is 26.3. The van der Waals surface area contributed by atoms with Gasteiger partial charge in [-0.05, 0) is 61.0 Å². The number of rotatable bonds is 8. The van der Waals surface area contributed by atoms with E-state index in [-0.39, 0.29) is 17.6 Å². The standard InChI is InChI=1S/C29H29N5O4S/c1-20-6-3-4-9-25(20)28(36)34-16-14-33(15-17-34)23-12-10-22(11-13-23)30-26(35)19-39-29-32-31-27(38-29)21-7-5-8-24(18-21)37-2/h3-13,18H,14-17,19H2,1-2H3,(H,30,35). The molecule has 1 fully saturated rings. The van der Waals surface area contributed by atoms with Crippen LogP contribution in [0.2, 0.25) is 0 Å². The molecule has 10 heteroatoms. The summed E-state index contributed by atoms with van der Waals surface area (Å²) in [6.45, 7) is 4.80. The van der Waals surface area contributed by atoms with Crippen molar-refractivity contribution in [3.63, 3.8) is 0 Å². The molecule has 1 aliphatic heterocycles. The first-order valence-corrected chi connectivity index (χ1v) is 13.6. The van der Waals surface area contributed by atoms with E-state index in [2.05, 4.69) is 20.4 Å². The van der Waals surface area contributed by atoms with Crippen LogP contribution in [-0.4, -0.2) is 66.0 Å². The zero-order chi connectivity index (χ0) is 27.2. The van der Waals surface area contributed by atoms with Gasteiger partial charge in [-0.3, -0.25) is 9.59 Å². The van der Waals surface area contributed by atoms with Crippen LogP contribution in [0.5, 0.6) is 5.75 Å². The van der Waals surface area contributed by atoms with Crippen molar-refractivity contribution in [3.8, 4) is 17.2 Å². The molecule has 0 saturated carbocycles. The fraction of sp³-hybridized carbons (Fsp3) is 0.241. The van der Waals surface area contributed by atoms with Gasteiger partial charge in [0.2, 0.25) is 11.8 Å². The number of benzene rings is 3. The molecular formula is C29H29N5O4S. The van der Waals surface area contributed by atoms with E-state index < -0.39 is 0 Å². The summed E-state index contributed by atoms with van der Waals surface area (Å²) in [5, 5.41) is 11.3. The van der Waals surface area contributed by atoms with E-state index >= 15 is 0 Å². The normalized spacial score (nSPS) is 13.3. The number of aromatic nitrogens is 2. The zero-order valence-electron chi connectivity index (χ0n) is 21.8. The summed E-state index contributed by atoms with van der Waals surface area (Å²) >= 11 is 1.18. The van der Waals surface area contributed by atoms with Crippen molar-refractivity contribution in [1.82, 2.24) is 15.1 Å². The van der Waals surface area contributed by atoms with Crippen molar-refractivity contribution >= 4 is 35.0 Å². The van der Waals surface area contributed by atoms with E-state index in [1.54, 1.807) is 7.11 Å². The topological polar surface area (TPSA) is 101 Å². The maximum absolute atomic E-state index is 12.9. The van der Waals surface area contributed by atoms with Gasteiger partial charge in [-0.1, -0.05) is 36.0 Å². The number of carbonyl (C=O) groups excluding carboxylic acids is 2. The third-order valence-electron chi connectivity index (χ3n) is 6.51. The van der Waals surface area contributed by atoms with Crippen molar-refractivity contribution in [1.29, 1.82) is 0 Å². The number of piperazine rings is 1. The second-order valence-corrected chi connectivity index (χ2v) is 10.0. The molecule has 4 aromatic rings. The van der Waals surface area contributed by atoms with E-state index in [1.807, 2.05) is 84.6 Å². The lowest BCUT2D eigenvalue weighted by molar-refractivity contribution is -0.113. The Morgan fingerprint density at radius 3 is 2.49 bits per heavy atom. The molecule has 0 aliphatic carbocycles. The summed E-state index contributed by atoms with van der Waals surface area (Å²) in [4.78, 5) is 29.5. The number of nitrogens with zero attached hydrogens (tertiary/aromatic N) is 4. The summed E-state index contributed by atoms with van der Waals surface area (Å²) in [5.74, 6) is 1.12. The second-order valence-electron chi connectivity index (χ2n) is 9.08. The van der Waals surface area contributed by atoms with E-state index in [1.165, 1.54) is 11.8 Å². The minimum absolute atomic E-state index is 0.0840. The van der Waals surface area contributed by atoms with Crippen LogP contribution < -0.4 is 15.0 Å². The molecule has 1 N–H and O–H groups in total. The Morgan fingerprint density at radius 1 is 0.974 bits per heavy atom. The van der Waals surface area contributed by atoms with Crippen LogP contribution in [0.15, 0.2) is 82.4 Å². The summed E-state index contributed by atoms with van der Waals surface area (Å²) in [7, 11) is 1.60. The Hall–Kier alpha value is -4.31. The number of ether oxygens (including phenoxy) is 1. The Labute approximate surface area is 231 Å². The fourth-order valence-electron chi connectivity index (χ4n) is 4.37. The van der Waals surface area contributed by atoms with E-state index in [9.17, 15) is 9.59 Å². The summed E-state index contributed by atoms with van der Waals surface area (Å²) in [6, 6.07) is 22.8. The number of amides is 2. The molecule has 200 valence electrons. The predicted molar refractivity (Wildman–Crippen MR) is 151 cm³/mol. The summed E-state index contributed by atoms with van der Waals surface area (Å²) < 4.78 is 10.9. The quantitative estimate of drug-likeness (QED) is 0.318. The minimum atomic E-state index is -0.169. The van der Waals surface area contributed by atoms with Crippen molar-refractivity contribution in [2.45, 2.75) is 12.1 Å². The van der Waals surface area contributed by atoms with Crippen molar-refractivity contribution in [2.24, 2.45) is 0 Å². The molecule has 0 unspecified atom stereocenters. The fourth-order valence-corrected chi connectivity index (χ4v) is 4.93.